The molecular formula is C23H28N2O4S2. The second kappa shape index (κ2) is 10.3. The van der Waals surface area contributed by atoms with Crippen molar-refractivity contribution in [3.63, 3.8) is 0 Å². The van der Waals surface area contributed by atoms with Crippen molar-refractivity contribution < 1.29 is 17.6 Å². The SMILES string of the molecule is CCCCCCN(C1=NC(=O)/C(=C/c2ccc(CC)o2)S1)S(=O)(=O)c1ccc(C)cc1. The molecule has 0 saturated heterocycles. The highest BCUT2D eigenvalue weighted by Crippen LogP contribution is 2.33. The molecule has 1 aliphatic heterocycles. The van der Waals surface area contributed by atoms with E-state index in [0.29, 0.717) is 17.1 Å². The van der Waals surface area contributed by atoms with Gasteiger partial charge in [0.1, 0.15) is 11.5 Å². The number of amidine groups is 1. The molecule has 0 bridgehead atoms. The lowest BCUT2D eigenvalue weighted by Crippen LogP contribution is -2.35. The Labute approximate surface area is 188 Å². The zero-order chi connectivity index (χ0) is 22.4. The van der Waals surface area contributed by atoms with Crippen LogP contribution in [0.4, 0.5) is 0 Å². The molecule has 1 aromatic heterocycles. The largest absolute Gasteiger partial charge is 0.462 e. The van der Waals surface area contributed by atoms with Crippen molar-refractivity contribution in [2.75, 3.05) is 6.54 Å². The van der Waals surface area contributed by atoms with Crippen molar-refractivity contribution in [3.8, 4) is 0 Å². The maximum atomic E-state index is 13.4. The first-order valence-electron chi connectivity index (χ1n) is 10.6. The molecule has 2 aromatic rings. The van der Waals surface area contributed by atoms with Gasteiger partial charge in [0.25, 0.3) is 15.9 Å². The molecule has 2 heterocycles. The van der Waals surface area contributed by atoms with Crippen LogP contribution in [0.15, 0.2) is 55.6 Å². The van der Waals surface area contributed by atoms with Crippen LogP contribution in [0.25, 0.3) is 6.08 Å². The third-order valence-electron chi connectivity index (χ3n) is 4.95. The van der Waals surface area contributed by atoms with Crippen molar-refractivity contribution >= 4 is 38.9 Å². The van der Waals surface area contributed by atoms with E-state index in [-0.39, 0.29) is 16.6 Å². The van der Waals surface area contributed by atoms with E-state index in [1.54, 1.807) is 36.4 Å². The Morgan fingerprint density at radius 2 is 1.81 bits per heavy atom. The van der Waals surface area contributed by atoms with Gasteiger partial charge in [0.2, 0.25) is 0 Å². The molecule has 166 valence electrons. The number of furan rings is 1. The Bertz CT molecular complexity index is 1080. The summed E-state index contributed by atoms with van der Waals surface area (Å²) in [4.78, 5) is 17.1. The number of unbranched alkanes of at least 4 members (excludes halogenated alkanes) is 3. The smallest absolute Gasteiger partial charge is 0.286 e. The van der Waals surface area contributed by atoms with E-state index in [9.17, 15) is 13.2 Å². The first-order valence-corrected chi connectivity index (χ1v) is 12.8. The molecule has 6 nitrogen and oxygen atoms in total. The number of thioether (sulfide) groups is 1. The van der Waals surface area contributed by atoms with Crippen LogP contribution in [0.3, 0.4) is 0 Å². The van der Waals surface area contributed by atoms with E-state index in [0.717, 1.165) is 48.8 Å². The number of rotatable bonds is 9. The molecule has 31 heavy (non-hydrogen) atoms. The lowest BCUT2D eigenvalue weighted by atomic mass is 10.2. The molecule has 3 rings (SSSR count). The van der Waals surface area contributed by atoms with Crippen LogP contribution < -0.4 is 0 Å². The number of sulfonamides is 1. The first-order chi connectivity index (χ1) is 14.8. The number of hydrogen-bond donors (Lipinski definition) is 0. The molecule has 0 saturated carbocycles. The summed E-state index contributed by atoms with van der Waals surface area (Å²) in [6.45, 7) is 6.28. The first kappa shape index (κ1) is 23.3. The van der Waals surface area contributed by atoms with Crippen LogP contribution in [0.2, 0.25) is 0 Å². The van der Waals surface area contributed by atoms with Gasteiger partial charge in [-0.2, -0.15) is 4.99 Å². The monoisotopic (exact) mass is 460 g/mol. The molecule has 8 heteroatoms. The van der Waals surface area contributed by atoms with E-state index in [4.69, 9.17) is 4.42 Å². The van der Waals surface area contributed by atoms with Crippen molar-refractivity contribution in [2.24, 2.45) is 4.99 Å². The van der Waals surface area contributed by atoms with Crippen molar-refractivity contribution in [1.82, 2.24) is 4.31 Å². The Morgan fingerprint density at radius 1 is 1.06 bits per heavy atom. The quantitative estimate of drug-likeness (QED) is 0.370. The van der Waals surface area contributed by atoms with Crippen LogP contribution in [0.1, 0.15) is 56.6 Å². The van der Waals surface area contributed by atoms with E-state index in [1.165, 1.54) is 4.31 Å². The third kappa shape index (κ3) is 5.68. The highest BCUT2D eigenvalue weighted by atomic mass is 32.2. The van der Waals surface area contributed by atoms with Crippen molar-refractivity contribution in [2.45, 2.75) is 57.8 Å². The molecule has 0 spiro atoms. The zero-order valence-electron chi connectivity index (χ0n) is 18.1. The molecular weight excluding hydrogens is 432 g/mol. The van der Waals surface area contributed by atoms with Gasteiger partial charge in [-0.05, 0) is 49.4 Å². The maximum absolute atomic E-state index is 13.4. The van der Waals surface area contributed by atoms with Gasteiger partial charge in [-0.25, -0.2) is 12.7 Å². The molecule has 1 amide bonds. The topological polar surface area (TPSA) is 80.0 Å². The van der Waals surface area contributed by atoms with Gasteiger partial charge >= 0.3 is 0 Å². The molecule has 1 aromatic carbocycles. The lowest BCUT2D eigenvalue weighted by molar-refractivity contribution is -0.113. The minimum atomic E-state index is -3.83. The summed E-state index contributed by atoms with van der Waals surface area (Å²) in [5, 5.41) is 0.190. The van der Waals surface area contributed by atoms with Gasteiger partial charge in [-0.3, -0.25) is 4.79 Å². The fraction of sp³-hybridized carbons (Fsp3) is 0.391. The molecule has 0 fully saturated rings. The number of hydrogen-bond acceptors (Lipinski definition) is 5. The Kier molecular flexibility index (Phi) is 7.78. The summed E-state index contributed by atoms with van der Waals surface area (Å²) in [7, 11) is -3.83. The number of aliphatic imine (C=N–C) groups is 1. The summed E-state index contributed by atoms with van der Waals surface area (Å²) in [5.74, 6) is 0.926. The lowest BCUT2D eigenvalue weighted by Gasteiger charge is -2.23. The van der Waals surface area contributed by atoms with E-state index < -0.39 is 15.9 Å². The Balaban J connectivity index is 1.87. The van der Waals surface area contributed by atoms with E-state index in [1.807, 2.05) is 19.9 Å². The van der Waals surface area contributed by atoms with Crippen molar-refractivity contribution in [1.29, 1.82) is 0 Å². The molecule has 0 aliphatic carbocycles. The predicted molar refractivity (Wildman–Crippen MR) is 125 cm³/mol. The average molecular weight is 461 g/mol. The van der Waals surface area contributed by atoms with Crippen molar-refractivity contribution in [3.05, 3.63) is 58.4 Å². The van der Waals surface area contributed by atoms with Gasteiger partial charge < -0.3 is 4.42 Å². The number of carbonyl (C=O) groups is 1. The minimum absolute atomic E-state index is 0.190. The Hall–Kier alpha value is -2.32. The fourth-order valence-corrected chi connectivity index (χ4v) is 5.72. The van der Waals surface area contributed by atoms with Crippen LogP contribution in [0, 0.1) is 6.92 Å². The highest BCUT2D eigenvalue weighted by Gasteiger charge is 2.34. The highest BCUT2D eigenvalue weighted by molar-refractivity contribution is 8.19. The van der Waals surface area contributed by atoms with E-state index in [2.05, 4.69) is 11.9 Å². The van der Waals surface area contributed by atoms with E-state index >= 15 is 0 Å². The normalized spacial score (nSPS) is 15.5. The molecule has 0 radical (unpaired) electrons. The molecule has 1 aliphatic rings. The molecule has 0 atom stereocenters. The third-order valence-corrected chi connectivity index (χ3v) is 7.88. The van der Waals surface area contributed by atoms with Gasteiger partial charge in [0.05, 0.1) is 9.80 Å². The van der Waals surface area contributed by atoms with Gasteiger partial charge in [0.15, 0.2) is 5.17 Å². The second-order valence-electron chi connectivity index (χ2n) is 7.42. The summed E-state index contributed by atoms with van der Waals surface area (Å²) in [6, 6.07) is 10.4. The standard InChI is InChI=1S/C23H28N2O4S2/c1-4-6-7-8-15-25(31(27,28)20-13-9-17(3)10-14-20)23-24-22(26)21(30-23)16-19-12-11-18(5-2)29-19/h9-14,16H,4-8,15H2,1-3H3/b21-16-. The summed E-state index contributed by atoms with van der Waals surface area (Å²) in [6.07, 6.45) is 6.07. The van der Waals surface area contributed by atoms with Crippen LogP contribution >= 0.6 is 11.8 Å². The minimum Gasteiger partial charge on any atom is -0.462 e. The molecule has 0 unspecified atom stereocenters. The average Bonchev–Trinajstić information content (AvgIpc) is 3.34. The maximum Gasteiger partial charge on any atom is 0.286 e. The van der Waals surface area contributed by atoms with Gasteiger partial charge in [-0.1, -0.05) is 50.8 Å². The van der Waals surface area contributed by atoms with Crippen LogP contribution in [-0.4, -0.2) is 30.3 Å². The number of aryl methyl sites for hydroxylation is 2. The summed E-state index contributed by atoms with van der Waals surface area (Å²) >= 11 is 1.08. The van der Waals surface area contributed by atoms with Crippen LogP contribution in [0.5, 0.6) is 0 Å². The Morgan fingerprint density at radius 3 is 2.45 bits per heavy atom. The van der Waals surface area contributed by atoms with Crippen LogP contribution in [-0.2, 0) is 21.2 Å². The number of amides is 1. The fourth-order valence-electron chi connectivity index (χ4n) is 3.13. The van der Waals surface area contributed by atoms with Gasteiger partial charge in [0, 0.05) is 19.0 Å². The molecule has 0 N–H and O–H groups in total. The predicted octanol–water partition coefficient (Wildman–Crippen LogP) is 5.39. The zero-order valence-corrected chi connectivity index (χ0v) is 19.8. The summed E-state index contributed by atoms with van der Waals surface area (Å²) in [5.41, 5.74) is 0.978. The number of nitrogens with zero attached hydrogens (tertiary/aromatic N) is 2. The number of carbonyl (C=O) groups excluding carboxylic acids is 1. The number of benzene rings is 1. The summed E-state index contributed by atoms with van der Waals surface area (Å²) < 4.78 is 33.7. The second-order valence-corrected chi connectivity index (χ2v) is 10.3. The van der Waals surface area contributed by atoms with Gasteiger partial charge in [-0.15, -0.1) is 0 Å².